The molecule has 0 saturated carbocycles. The molecule has 0 spiro atoms. The van der Waals surface area contributed by atoms with Crippen LogP contribution in [-0.2, 0) is 0 Å². The van der Waals surface area contributed by atoms with E-state index in [9.17, 15) is 4.39 Å². The van der Waals surface area contributed by atoms with Gasteiger partial charge in [-0.05, 0) is 59.9 Å². The highest BCUT2D eigenvalue weighted by Gasteiger charge is 2.22. The van der Waals surface area contributed by atoms with Gasteiger partial charge >= 0.3 is 0 Å². The number of hydroxylamine groups is 1. The van der Waals surface area contributed by atoms with Gasteiger partial charge in [0.2, 0.25) is 0 Å². The van der Waals surface area contributed by atoms with Gasteiger partial charge in [0.1, 0.15) is 11.6 Å². The average molecular weight is 326 g/mol. The minimum absolute atomic E-state index is 0.119. The van der Waals surface area contributed by atoms with E-state index in [1.165, 1.54) is 6.07 Å². The lowest BCUT2D eigenvalue weighted by molar-refractivity contribution is 0.225. The molecule has 0 aliphatic carbocycles. The Morgan fingerprint density at radius 3 is 2.58 bits per heavy atom. The standard InChI is InChI=1S/C20H23FN2O/c1-11(2)16-9-15(14-5-6-18(21)13(4)7-14)10-17-12(3)8-19(22)23-24-20(16)17/h5-12,23H,22H2,1-4H3. The van der Waals surface area contributed by atoms with Crippen LogP contribution in [0, 0.1) is 12.7 Å². The lowest BCUT2D eigenvalue weighted by atomic mass is 9.88. The van der Waals surface area contributed by atoms with E-state index in [2.05, 4.69) is 38.4 Å². The molecule has 3 rings (SSSR count). The zero-order valence-corrected chi connectivity index (χ0v) is 14.5. The molecule has 0 amide bonds. The summed E-state index contributed by atoms with van der Waals surface area (Å²) in [6.45, 7) is 8.13. The molecule has 1 aliphatic rings. The Morgan fingerprint density at radius 1 is 1.17 bits per heavy atom. The topological polar surface area (TPSA) is 47.3 Å². The number of nitrogens with two attached hydrogens (primary N) is 1. The molecule has 1 unspecified atom stereocenters. The number of nitrogens with one attached hydrogen (secondary N) is 1. The second kappa shape index (κ2) is 6.19. The number of rotatable bonds is 2. The summed E-state index contributed by atoms with van der Waals surface area (Å²) in [5, 5.41) is 0. The Kier molecular flexibility index (Phi) is 4.22. The maximum atomic E-state index is 13.6. The van der Waals surface area contributed by atoms with E-state index in [1.807, 2.05) is 18.2 Å². The number of hydrogen-bond acceptors (Lipinski definition) is 3. The van der Waals surface area contributed by atoms with Gasteiger partial charge < -0.3 is 10.6 Å². The van der Waals surface area contributed by atoms with Gasteiger partial charge in [0.15, 0.2) is 5.75 Å². The van der Waals surface area contributed by atoms with Crippen LogP contribution in [0.25, 0.3) is 11.1 Å². The van der Waals surface area contributed by atoms with Crippen LogP contribution in [0.4, 0.5) is 4.39 Å². The maximum Gasteiger partial charge on any atom is 0.162 e. The van der Waals surface area contributed by atoms with Crippen molar-refractivity contribution in [3.63, 3.8) is 0 Å². The van der Waals surface area contributed by atoms with Gasteiger partial charge in [0.05, 0.1) is 0 Å². The lowest BCUT2D eigenvalue weighted by Gasteiger charge is -2.19. The minimum atomic E-state index is -0.186. The summed E-state index contributed by atoms with van der Waals surface area (Å²) in [6, 6.07) is 9.44. The number of halogens is 1. The van der Waals surface area contributed by atoms with Crippen LogP contribution in [-0.4, -0.2) is 0 Å². The predicted molar refractivity (Wildman–Crippen MR) is 95.1 cm³/mol. The molecule has 1 atom stereocenters. The third kappa shape index (κ3) is 2.96. The number of benzene rings is 2. The smallest absolute Gasteiger partial charge is 0.162 e. The molecule has 3 nitrogen and oxygen atoms in total. The van der Waals surface area contributed by atoms with Gasteiger partial charge in [-0.15, -0.1) is 0 Å². The zero-order chi connectivity index (χ0) is 17.4. The summed E-state index contributed by atoms with van der Waals surface area (Å²) in [6.07, 6.45) is 1.94. The number of fused-ring (bicyclic) bond motifs is 1. The first kappa shape index (κ1) is 16.4. The van der Waals surface area contributed by atoms with Crippen molar-refractivity contribution in [2.45, 2.75) is 39.5 Å². The molecular weight excluding hydrogens is 303 g/mol. The quantitative estimate of drug-likeness (QED) is 0.839. The van der Waals surface area contributed by atoms with E-state index < -0.39 is 0 Å². The molecule has 0 aromatic heterocycles. The average Bonchev–Trinajstić information content (AvgIpc) is 2.68. The van der Waals surface area contributed by atoms with Crippen molar-refractivity contribution in [3.05, 3.63) is 64.7 Å². The summed E-state index contributed by atoms with van der Waals surface area (Å²) in [4.78, 5) is 5.75. The van der Waals surface area contributed by atoms with Crippen molar-refractivity contribution in [1.82, 2.24) is 5.48 Å². The van der Waals surface area contributed by atoms with Crippen molar-refractivity contribution in [2.24, 2.45) is 5.73 Å². The molecule has 0 bridgehead atoms. The predicted octanol–water partition coefficient (Wildman–Crippen LogP) is 4.73. The first-order chi connectivity index (χ1) is 11.4. The van der Waals surface area contributed by atoms with Crippen LogP contribution in [0.5, 0.6) is 5.75 Å². The maximum absolute atomic E-state index is 13.6. The van der Waals surface area contributed by atoms with Gasteiger partial charge in [-0.3, -0.25) is 0 Å². The molecule has 1 heterocycles. The van der Waals surface area contributed by atoms with Crippen LogP contribution >= 0.6 is 0 Å². The normalized spacial score (nSPS) is 16.8. The fourth-order valence-electron chi connectivity index (χ4n) is 3.05. The van der Waals surface area contributed by atoms with Crippen LogP contribution in [0.3, 0.4) is 0 Å². The minimum Gasteiger partial charge on any atom is -0.383 e. The van der Waals surface area contributed by atoms with E-state index in [0.717, 1.165) is 28.0 Å². The van der Waals surface area contributed by atoms with Crippen molar-refractivity contribution >= 4 is 0 Å². The van der Waals surface area contributed by atoms with Crippen molar-refractivity contribution in [1.29, 1.82) is 0 Å². The Morgan fingerprint density at radius 2 is 1.92 bits per heavy atom. The second-order valence-corrected chi connectivity index (χ2v) is 6.72. The Bertz CT molecular complexity index is 812. The largest absolute Gasteiger partial charge is 0.383 e. The fourth-order valence-corrected chi connectivity index (χ4v) is 3.05. The summed E-state index contributed by atoms with van der Waals surface area (Å²) in [7, 11) is 0. The highest BCUT2D eigenvalue weighted by atomic mass is 19.1. The van der Waals surface area contributed by atoms with E-state index in [0.29, 0.717) is 11.4 Å². The monoisotopic (exact) mass is 326 g/mol. The molecule has 0 fully saturated rings. The molecule has 0 radical (unpaired) electrons. The number of allylic oxidation sites excluding steroid dienone is 1. The first-order valence-electron chi connectivity index (χ1n) is 8.21. The lowest BCUT2D eigenvalue weighted by Crippen LogP contribution is -2.23. The molecule has 2 aromatic carbocycles. The van der Waals surface area contributed by atoms with E-state index in [1.54, 1.807) is 6.92 Å². The van der Waals surface area contributed by atoms with Gasteiger partial charge in [-0.1, -0.05) is 26.8 Å². The van der Waals surface area contributed by atoms with Gasteiger partial charge in [0.25, 0.3) is 0 Å². The SMILES string of the molecule is Cc1cc(-c2cc(C(C)C)c3c(c2)C(C)C=C(N)NO3)ccc1F. The fraction of sp³-hybridized carbons (Fsp3) is 0.300. The van der Waals surface area contributed by atoms with Crippen molar-refractivity contribution in [2.75, 3.05) is 0 Å². The number of hydrogen-bond donors (Lipinski definition) is 2. The molecular formula is C20H23FN2O. The molecule has 3 N–H and O–H groups in total. The van der Waals surface area contributed by atoms with Gasteiger partial charge in [0, 0.05) is 17.0 Å². The molecule has 0 saturated heterocycles. The van der Waals surface area contributed by atoms with Crippen LogP contribution in [0.15, 0.2) is 42.2 Å². The summed E-state index contributed by atoms with van der Waals surface area (Å²) < 4.78 is 13.6. The van der Waals surface area contributed by atoms with Crippen molar-refractivity contribution < 1.29 is 9.23 Å². The molecule has 126 valence electrons. The van der Waals surface area contributed by atoms with Crippen LogP contribution in [0.1, 0.15) is 49.3 Å². The molecule has 1 aliphatic heterocycles. The number of aryl methyl sites for hydroxylation is 1. The zero-order valence-electron chi connectivity index (χ0n) is 14.5. The van der Waals surface area contributed by atoms with Crippen molar-refractivity contribution in [3.8, 4) is 16.9 Å². The highest BCUT2D eigenvalue weighted by Crippen LogP contribution is 2.40. The summed E-state index contributed by atoms with van der Waals surface area (Å²) in [5.41, 5.74) is 13.6. The third-order valence-corrected chi connectivity index (χ3v) is 4.45. The Balaban J connectivity index is 2.20. The first-order valence-corrected chi connectivity index (χ1v) is 8.21. The van der Waals surface area contributed by atoms with E-state index in [4.69, 9.17) is 10.6 Å². The van der Waals surface area contributed by atoms with Gasteiger partial charge in [-0.25, -0.2) is 9.87 Å². The molecule has 4 heteroatoms. The Labute approximate surface area is 142 Å². The summed E-state index contributed by atoms with van der Waals surface area (Å²) in [5.74, 6) is 1.56. The van der Waals surface area contributed by atoms with Crippen LogP contribution in [0.2, 0.25) is 0 Å². The Hall–Kier alpha value is -2.49. The second-order valence-electron chi connectivity index (χ2n) is 6.72. The third-order valence-electron chi connectivity index (χ3n) is 4.45. The highest BCUT2D eigenvalue weighted by molar-refractivity contribution is 5.69. The molecule has 2 aromatic rings. The van der Waals surface area contributed by atoms with Gasteiger partial charge in [-0.2, -0.15) is 0 Å². The molecule has 24 heavy (non-hydrogen) atoms. The van der Waals surface area contributed by atoms with E-state index >= 15 is 0 Å². The van der Waals surface area contributed by atoms with E-state index in [-0.39, 0.29) is 17.7 Å². The summed E-state index contributed by atoms with van der Waals surface area (Å²) >= 11 is 0. The van der Waals surface area contributed by atoms with Crippen LogP contribution < -0.4 is 16.1 Å².